The summed E-state index contributed by atoms with van der Waals surface area (Å²) in [6.07, 6.45) is 5.57. The number of rotatable bonds is 5. The third kappa shape index (κ3) is 3.60. The SMILES string of the molecule is Cc1nn(-c2ccnc(Nc3ccc4c(c3)c(Br)cn4C)n2)cc1CN1CC(O)C1. The molecule has 1 fully saturated rings. The predicted molar refractivity (Wildman–Crippen MR) is 119 cm³/mol. The van der Waals surface area contributed by atoms with Gasteiger partial charge < -0.3 is 15.0 Å². The van der Waals surface area contributed by atoms with Gasteiger partial charge in [-0.15, -0.1) is 0 Å². The first-order valence-electron chi connectivity index (χ1n) is 9.77. The molecule has 0 saturated carbocycles. The van der Waals surface area contributed by atoms with Crippen LogP contribution in [0.5, 0.6) is 0 Å². The average Bonchev–Trinajstić information content (AvgIpc) is 3.20. The molecule has 4 aromatic rings. The normalized spacial score (nSPS) is 14.9. The summed E-state index contributed by atoms with van der Waals surface area (Å²) >= 11 is 3.61. The van der Waals surface area contributed by atoms with Gasteiger partial charge in [-0.05, 0) is 41.1 Å². The second kappa shape index (κ2) is 7.50. The van der Waals surface area contributed by atoms with Crippen LogP contribution in [0.3, 0.4) is 0 Å². The summed E-state index contributed by atoms with van der Waals surface area (Å²) in [6, 6.07) is 8.00. The fourth-order valence-corrected chi connectivity index (χ4v) is 4.39. The summed E-state index contributed by atoms with van der Waals surface area (Å²) in [6.45, 7) is 4.21. The Balaban J connectivity index is 1.37. The summed E-state index contributed by atoms with van der Waals surface area (Å²) in [7, 11) is 2.03. The van der Waals surface area contributed by atoms with E-state index in [-0.39, 0.29) is 6.10 Å². The van der Waals surface area contributed by atoms with Crippen LogP contribution in [0, 0.1) is 6.92 Å². The minimum Gasteiger partial charge on any atom is -0.390 e. The number of hydrogen-bond acceptors (Lipinski definition) is 6. The molecule has 0 amide bonds. The lowest BCUT2D eigenvalue weighted by atomic mass is 10.1. The Morgan fingerprint density at radius 2 is 2.07 bits per heavy atom. The van der Waals surface area contributed by atoms with Crippen molar-refractivity contribution in [1.82, 2.24) is 29.2 Å². The van der Waals surface area contributed by atoms with E-state index in [2.05, 4.69) is 57.9 Å². The monoisotopic (exact) mass is 467 g/mol. The minimum absolute atomic E-state index is 0.202. The minimum atomic E-state index is -0.202. The Labute approximate surface area is 182 Å². The first-order chi connectivity index (χ1) is 14.5. The maximum atomic E-state index is 9.49. The van der Waals surface area contributed by atoms with Gasteiger partial charge in [-0.25, -0.2) is 9.67 Å². The van der Waals surface area contributed by atoms with Crippen molar-refractivity contribution >= 4 is 38.5 Å². The number of halogens is 1. The zero-order valence-corrected chi connectivity index (χ0v) is 18.3. The van der Waals surface area contributed by atoms with Crippen molar-refractivity contribution in [3.8, 4) is 5.82 Å². The van der Waals surface area contributed by atoms with Crippen LogP contribution in [0.4, 0.5) is 11.6 Å². The highest BCUT2D eigenvalue weighted by atomic mass is 79.9. The average molecular weight is 468 g/mol. The van der Waals surface area contributed by atoms with Gasteiger partial charge in [0.05, 0.1) is 11.8 Å². The molecule has 30 heavy (non-hydrogen) atoms. The van der Waals surface area contributed by atoms with E-state index in [1.54, 1.807) is 10.9 Å². The van der Waals surface area contributed by atoms with Gasteiger partial charge in [0.15, 0.2) is 5.82 Å². The molecule has 1 aliphatic heterocycles. The highest BCUT2D eigenvalue weighted by Crippen LogP contribution is 2.29. The lowest BCUT2D eigenvalue weighted by molar-refractivity contribution is -0.00297. The molecule has 9 heteroatoms. The van der Waals surface area contributed by atoms with Crippen molar-refractivity contribution in [2.24, 2.45) is 7.05 Å². The molecular formula is C21H22BrN7O. The number of aliphatic hydroxyl groups is 1. The maximum absolute atomic E-state index is 9.49. The van der Waals surface area contributed by atoms with Gasteiger partial charge in [0, 0.05) is 78.0 Å². The van der Waals surface area contributed by atoms with Gasteiger partial charge in [-0.1, -0.05) is 0 Å². The van der Waals surface area contributed by atoms with E-state index in [1.165, 1.54) is 0 Å². The first kappa shape index (κ1) is 19.2. The second-order valence-corrected chi connectivity index (χ2v) is 8.57. The summed E-state index contributed by atoms with van der Waals surface area (Å²) in [4.78, 5) is 11.2. The Bertz CT molecular complexity index is 1230. The molecule has 1 aromatic carbocycles. The molecular weight excluding hydrogens is 446 g/mol. The molecule has 154 valence electrons. The number of aromatic nitrogens is 5. The molecule has 0 radical (unpaired) electrons. The fourth-order valence-electron chi connectivity index (χ4n) is 3.77. The first-order valence-corrected chi connectivity index (χ1v) is 10.6. The quantitative estimate of drug-likeness (QED) is 0.468. The number of β-amino-alcohol motifs (C(OH)–C–C–N with tert-alkyl or cyclic N) is 1. The maximum Gasteiger partial charge on any atom is 0.229 e. The fraction of sp³-hybridized carbons (Fsp3) is 0.286. The number of fused-ring (bicyclic) bond motifs is 1. The van der Waals surface area contributed by atoms with Crippen LogP contribution in [0.15, 0.2) is 47.3 Å². The number of likely N-dealkylation sites (tertiary alicyclic amines) is 1. The van der Waals surface area contributed by atoms with Crippen molar-refractivity contribution in [3.63, 3.8) is 0 Å². The largest absolute Gasteiger partial charge is 0.390 e. The van der Waals surface area contributed by atoms with Crippen molar-refractivity contribution in [3.05, 3.63) is 58.6 Å². The molecule has 0 atom stereocenters. The number of nitrogens with zero attached hydrogens (tertiary/aromatic N) is 6. The van der Waals surface area contributed by atoms with Crippen molar-refractivity contribution in [2.75, 3.05) is 18.4 Å². The zero-order valence-electron chi connectivity index (χ0n) is 16.7. The third-order valence-electron chi connectivity index (χ3n) is 5.41. The molecule has 1 saturated heterocycles. The molecule has 0 unspecified atom stereocenters. The Morgan fingerprint density at radius 3 is 2.87 bits per heavy atom. The lowest BCUT2D eigenvalue weighted by Gasteiger charge is -2.35. The zero-order chi connectivity index (χ0) is 20.8. The Morgan fingerprint density at radius 1 is 1.23 bits per heavy atom. The molecule has 4 heterocycles. The summed E-state index contributed by atoms with van der Waals surface area (Å²) < 4.78 is 4.91. The molecule has 3 aromatic heterocycles. The van der Waals surface area contributed by atoms with Crippen LogP contribution >= 0.6 is 15.9 Å². The van der Waals surface area contributed by atoms with Crippen molar-refractivity contribution in [1.29, 1.82) is 0 Å². The van der Waals surface area contributed by atoms with Gasteiger partial charge in [0.25, 0.3) is 0 Å². The molecule has 2 N–H and O–H groups in total. The number of aryl methyl sites for hydroxylation is 2. The highest BCUT2D eigenvalue weighted by Gasteiger charge is 2.25. The van der Waals surface area contributed by atoms with E-state index in [0.29, 0.717) is 24.9 Å². The summed E-state index contributed by atoms with van der Waals surface area (Å²) in [5, 5.41) is 18.5. The van der Waals surface area contributed by atoms with E-state index in [4.69, 9.17) is 0 Å². The standard InChI is InChI=1S/C21H22BrN7O/c1-13-14(8-28-10-16(30)11-28)9-29(26-13)20-5-6-23-21(25-20)24-15-3-4-19-17(7-15)18(22)12-27(19)2/h3-7,9,12,16,30H,8,10-11H2,1-2H3,(H,23,24,25). The van der Waals surface area contributed by atoms with E-state index in [9.17, 15) is 5.11 Å². The summed E-state index contributed by atoms with van der Waals surface area (Å²) in [5.74, 6) is 1.21. The van der Waals surface area contributed by atoms with Gasteiger partial charge in [-0.2, -0.15) is 10.1 Å². The number of nitrogens with one attached hydrogen (secondary N) is 1. The van der Waals surface area contributed by atoms with E-state index in [1.807, 2.05) is 38.5 Å². The number of anilines is 2. The van der Waals surface area contributed by atoms with Crippen LogP contribution in [-0.2, 0) is 13.6 Å². The Kier molecular flexibility index (Phi) is 4.80. The summed E-state index contributed by atoms with van der Waals surface area (Å²) in [5.41, 5.74) is 4.16. The number of benzene rings is 1. The number of aliphatic hydroxyl groups excluding tert-OH is 1. The second-order valence-electron chi connectivity index (χ2n) is 7.72. The molecule has 0 bridgehead atoms. The molecule has 8 nitrogen and oxygen atoms in total. The molecule has 5 rings (SSSR count). The van der Waals surface area contributed by atoms with Crippen LogP contribution in [-0.4, -0.2) is 53.5 Å². The van der Waals surface area contributed by atoms with Gasteiger partial charge in [0.2, 0.25) is 5.95 Å². The van der Waals surface area contributed by atoms with Crippen molar-refractivity contribution in [2.45, 2.75) is 19.6 Å². The third-order valence-corrected chi connectivity index (χ3v) is 6.04. The van der Waals surface area contributed by atoms with E-state index >= 15 is 0 Å². The van der Waals surface area contributed by atoms with Crippen LogP contribution in [0.1, 0.15) is 11.3 Å². The molecule has 0 aliphatic carbocycles. The highest BCUT2D eigenvalue weighted by molar-refractivity contribution is 9.10. The lowest BCUT2D eigenvalue weighted by Crippen LogP contribution is -2.49. The van der Waals surface area contributed by atoms with Crippen LogP contribution in [0.2, 0.25) is 0 Å². The number of hydrogen-bond donors (Lipinski definition) is 2. The van der Waals surface area contributed by atoms with Gasteiger partial charge in [-0.3, -0.25) is 4.90 Å². The van der Waals surface area contributed by atoms with Crippen molar-refractivity contribution < 1.29 is 5.11 Å². The topological polar surface area (TPSA) is 84.0 Å². The molecule has 0 spiro atoms. The van der Waals surface area contributed by atoms with E-state index < -0.39 is 0 Å². The smallest absolute Gasteiger partial charge is 0.229 e. The molecule has 1 aliphatic rings. The van der Waals surface area contributed by atoms with Crippen LogP contribution < -0.4 is 5.32 Å². The van der Waals surface area contributed by atoms with Gasteiger partial charge in [0.1, 0.15) is 0 Å². The van der Waals surface area contributed by atoms with Gasteiger partial charge >= 0.3 is 0 Å². The predicted octanol–water partition coefficient (Wildman–Crippen LogP) is 3.15. The van der Waals surface area contributed by atoms with Crippen LogP contribution in [0.25, 0.3) is 16.7 Å². The Hall–Kier alpha value is -2.75. The van der Waals surface area contributed by atoms with E-state index in [0.717, 1.165) is 38.9 Å².